The lowest BCUT2D eigenvalue weighted by atomic mass is 10.2. The summed E-state index contributed by atoms with van der Waals surface area (Å²) in [5.74, 6) is 2.29. The summed E-state index contributed by atoms with van der Waals surface area (Å²) in [7, 11) is 5.04. The number of hydrogen-bond acceptors (Lipinski definition) is 3. The molecule has 2 aromatic rings. The smallest absolute Gasteiger partial charge is 0.191 e. The van der Waals surface area contributed by atoms with Crippen molar-refractivity contribution < 1.29 is 9.47 Å². The minimum Gasteiger partial charge on any atom is -0.497 e. The van der Waals surface area contributed by atoms with Crippen LogP contribution in [0.4, 0.5) is 0 Å². The maximum atomic E-state index is 5.41. The number of rotatable bonds is 6. The van der Waals surface area contributed by atoms with Crippen LogP contribution in [0.15, 0.2) is 51.9 Å². The third-order valence-electron chi connectivity index (χ3n) is 3.54. The summed E-state index contributed by atoms with van der Waals surface area (Å²) in [4.78, 5) is 4.24. The van der Waals surface area contributed by atoms with Gasteiger partial charge in [-0.3, -0.25) is 4.99 Å². The molecule has 0 bridgehead atoms. The van der Waals surface area contributed by atoms with Crippen LogP contribution in [0.25, 0.3) is 0 Å². The van der Waals surface area contributed by atoms with Gasteiger partial charge >= 0.3 is 0 Å². The summed E-state index contributed by atoms with van der Waals surface area (Å²) in [6.45, 7) is 1.31. The molecule has 2 aromatic carbocycles. The van der Waals surface area contributed by atoms with Gasteiger partial charge in [-0.15, -0.1) is 24.0 Å². The second-order valence-corrected chi connectivity index (χ2v) is 6.00. The highest BCUT2D eigenvalue weighted by Gasteiger charge is 2.06. The van der Waals surface area contributed by atoms with Gasteiger partial charge in [0.25, 0.3) is 0 Å². The zero-order valence-corrected chi connectivity index (χ0v) is 18.4. The Morgan fingerprint density at radius 1 is 1.00 bits per heavy atom. The van der Waals surface area contributed by atoms with Crippen molar-refractivity contribution in [2.75, 3.05) is 21.3 Å². The molecule has 25 heavy (non-hydrogen) atoms. The highest BCUT2D eigenvalue weighted by Crippen LogP contribution is 2.24. The lowest BCUT2D eigenvalue weighted by molar-refractivity contribution is 0.390. The second kappa shape index (κ2) is 11.2. The zero-order chi connectivity index (χ0) is 17.4. The Labute approximate surface area is 174 Å². The van der Waals surface area contributed by atoms with E-state index in [2.05, 4.69) is 43.7 Å². The van der Waals surface area contributed by atoms with Crippen molar-refractivity contribution in [3.8, 4) is 11.5 Å². The van der Waals surface area contributed by atoms with Crippen LogP contribution in [0.1, 0.15) is 11.1 Å². The van der Waals surface area contributed by atoms with Crippen LogP contribution >= 0.6 is 39.9 Å². The molecule has 0 unspecified atom stereocenters. The van der Waals surface area contributed by atoms with Gasteiger partial charge in [-0.25, -0.2) is 0 Å². The van der Waals surface area contributed by atoms with Crippen molar-refractivity contribution in [2.45, 2.75) is 13.1 Å². The van der Waals surface area contributed by atoms with E-state index in [1.54, 1.807) is 21.3 Å². The fraction of sp³-hybridized carbons (Fsp3) is 0.278. The standard InChI is InChI=1S/C18H22BrN3O2.HI/c1-20-18(21-11-13-4-7-15(19)8-5-13)22-12-14-6-9-16(23-2)10-17(14)24-3;/h4-10H,11-12H2,1-3H3,(H2,20,21,22);1H. The lowest BCUT2D eigenvalue weighted by Gasteiger charge is -2.14. The predicted molar refractivity (Wildman–Crippen MR) is 116 cm³/mol. The highest BCUT2D eigenvalue weighted by molar-refractivity contribution is 14.0. The molecule has 0 amide bonds. The maximum absolute atomic E-state index is 5.41. The van der Waals surface area contributed by atoms with Crippen molar-refractivity contribution in [1.82, 2.24) is 10.6 Å². The minimum absolute atomic E-state index is 0. The SMILES string of the molecule is CN=C(NCc1ccc(Br)cc1)NCc1ccc(OC)cc1OC.I. The molecule has 0 atom stereocenters. The quantitative estimate of drug-likeness (QED) is 0.345. The van der Waals surface area contributed by atoms with Gasteiger partial charge in [-0.2, -0.15) is 0 Å². The van der Waals surface area contributed by atoms with Crippen LogP contribution in [0.2, 0.25) is 0 Å². The molecule has 2 rings (SSSR count). The molecule has 0 heterocycles. The molecular formula is C18H23BrIN3O2. The topological polar surface area (TPSA) is 54.9 Å². The third-order valence-corrected chi connectivity index (χ3v) is 4.07. The molecule has 136 valence electrons. The molecule has 0 aliphatic carbocycles. The van der Waals surface area contributed by atoms with Crippen LogP contribution < -0.4 is 20.1 Å². The predicted octanol–water partition coefficient (Wildman–Crippen LogP) is 3.95. The van der Waals surface area contributed by atoms with Gasteiger partial charge in [0.1, 0.15) is 11.5 Å². The zero-order valence-electron chi connectivity index (χ0n) is 14.5. The van der Waals surface area contributed by atoms with Gasteiger partial charge in [-0.05, 0) is 29.8 Å². The first-order valence-electron chi connectivity index (χ1n) is 7.56. The number of ether oxygens (including phenoxy) is 2. The van der Waals surface area contributed by atoms with E-state index >= 15 is 0 Å². The van der Waals surface area contributed by atoms with Crippen LogP contribution in [0.3, 0.4) is 0 Å². The van der Waals surface area contributed by atoms with E-state index in [4.69, 9.17) is 9.47 Å². The number of benzene rings is 2. The van der Waals surface area contributed by atoms with Crippen molar-refractivity contribution in [3.63, 3.8) is 0 Å². The Balaban J connectivity index is 0.00000312. The molecule has 0 fully saturated rings. The van der Waals surface area contributed by atoms with Gasteiger partial charge in [-0.1, -0.05) is 28.1 Å². The summed E-state index contributed by atoms with van der Waals surface area (Å²) in [6.07, 6.45) is 0. The molecular weight excluding hydrogens is 497 g/mol. The number of halogens is 2. The van der Waals surface area contributed by atoms with Crippen LogP contribution in [0.5, 0.6) is 11.5 Å². The van der Waals surface area contributed by atoms with E-state index < -0.39 is 0 Å². The molecule has 0 aliphatic heterocycles. The first-order valence-corrected chi connectivity index (χ1v) is 8.35. The van der Waals surface area contributed by atoms with Gasteiger partial charge < -0.3 is 20.1 Å². The summed E-state index contributed by atoms with van der Waals surface area (Å²) in [5.41, 5.74) is 2.22. The number of methoxy groups -OCH3 is 2. The van der Waals surface area contributed by atoms with E-state index in [1.807, 2.05) is 30.3 Å². The normalized spacial score (nSPS) is 10.6. The summed E-state index contributed by atoms with van der Waals surface area (Å²) >= 11 is 3.44. The van der Waals surface area contributed by atoms with Crippen molar-refractivity contribution in [1.29, 1.82) is 0 Å². The van der Waals surface area contributed by atoms with E-state index in [0.717, 1.165) is 27.5 Å². The fourth-order valence-corrected chi connectivity index (χ4v) is 2.45. The van der Waals surface area contributed by atoms with Gasteiger partial charge in [0.15, 0.2) is 5.96 Å². The number of nitrogens with zero attached hydrogens (tertiary/aromatic N) is 1. The summed E-state index contributed by atoms with van der Waals surface area (Å²) in [5, 5.41) is 6.58. The van der Waals surface area contributed by atoms with E-state index in [9.17, 15) is 0 Å². The second-order valence-electron chi connectivity index (χ2n) is 5.08. The first kappa shape index (κ1) is 21.6. The molecule has 0 spiro atoms. The van der Waals surface area contributed by atoms with Crippen molar-refractivity contribution in [3.05, 3.63) is 58.1 Å². The minimum atomic E-state index is 0. The van der Waals surface area contributed by atoms with E-state index in [1.165, 1.54) is 5.56 Å². The molecule has 0 saturated heterocycles. The Hall–Kier alpha value is -1.48. The molecule has 2 N–H and O–H groups in total. The summed E-state index contributed by atoms with van der Waals surface area (Å²) < 4.78 is 11.7. The lowest BCUT2D eigenvalue weighted by Crippen LogP contribution is -2.36. The Bertz CT molecular complexity index is 693. The summed E-state index contributed by atoms with van der Waals surface area (Å²) in [6, 6.07) is 13.9. The number of aliphatic imine (C=N–C) groups is 1. The maximum Gasteiger partial charge on any atom is 0.191 e. The monoisotopic (exact) mass is 519 g/mol. The van der Waals surface area contributed by atoms with E-state index in [0.29, 0.717) is 13.1 Å². The average Bonchev–Trinajstić information content (AvgIpc) is 2.63. The van der Waals surface area contributed by atoms with Crippen LogP contribution in [-0.2, 0) is 13.1 Å². The molecule has 0 saturated carbocycles. The van der Waals surface area contributed by atoms with Crippen LogP contribution in [-0.4, -0.2) is 27.2 Å². The Kier molecular flexibility index (Phi) is 9.66. The van der Waals surface area contributed by atoms with Gasteiger partial charge in [0.2, 0.25) is 0 Å². The van der Waals surface area contributed by atoms with Crippen molar-refractivity contribution >= 4 is 45.9 Å². The average molecular weight is 520 g/mol. The van der Waals surface area contributed by atoms with Gasteiger partial charge in [0, 0.05) is 36.2 Å². The number of guanidine groups is 1. The van der Waals surface area contributed by atoms with E-state index in [-0.39, 0.29) is 24.0 Å². The number of nitrogens with one attached hydrogen (secondary N) is 2. The molecule has 5 nitrogen and oxygen atoms in total. The fourth-order valence-electron chi connectivity index (χ4n) is 2.19. The molecule has 7 heteroatoms. The first-order chi connectivity index (χ1) is 11.7. The van der Waals surface area contributed by atoms with Crippen molar-refractivity contribution in [2.24, 2.45) is 4.99 Å². The molecule has 0 aliphatic rings. The highest BCUT2D eigenvalue weighted by atomic mass is 127. The third kappa shape index (κ3) is 6.74. The Morgan fingerprint density at radius 3 is 2.28 bits per heavy atom. The van der Waals surface area contributed by atoms with Gasteiger partial charge in [0.05, 0.1) is 14.2 Å². The molecule has 0 radical (unpaired) electrons. The number of hydrogen-bond donors (Lipinski definition) is 2. The Morgan fingerprint density at radius 2 is 1.68 bits per heavy atom. The molecule has 0 aromatic heterocycles. The largest absolute Gasteiger partial charge is 0.497 e. The van der Waals surface area contributed by atoms with Crippen LogP contribution in [0, 0.1) is 0 Å².